The van der Waals surface area contributed by atoms with Gasteiger partial charge in [0.25, 0.3) is 11.6 Å². The highest BCUT2D eigenvalue weighted by molar-refractivity contribution is 7.13. The van der Waals surface area contributed by atoms with Crippen molar-refractivity contribution in [1.29, 1.82) is 0 Å². The second-order valence-corrected chi connectivity index (χ2v) is 6.87. The molecule has 0 aliphatic rings. The predicted molar refractivity (Wildman–Crippen MR) is 98.9 cm³/mol. The molecule has 0 fully saturated rings. The van der Waals surface area contributed by atoms with Crippen molar-refractivity contribution >= 4 is 34.0 Å². The lowest BCUT2D eigenvalue weighted by molar-refractivity contribution is 0.102. The van der Waals surface area contributed by atoms with E-state index in [1.807, 2.05) is 17.5 Å². The summed E-state index contributed by atoms with van der Waals surface area (Å²) in [4.78, 5) is 18.2. The van der Waals surface area contributed by atoms with Crippen molar-refractivity contribution in [2.24, 2.45) is 0 Å². The van der Waals surface area contributed by atoms with Crippen LogP contribution in [0.1, 0.15) is 21.6 Å². The number of carbonyl (C=O) groups is 1. The van der Waals surface area contributed by atoms with Gasteiger partial charge in [-0.25, -0.2) is 9.37 Å². The molecule has 7 heteroatoms. The van der Waals surface area contributed by atoms with Gasteiger partial charge in [0.1, 0.15) is 5.82 Å². The molecular formula is C19H14FN3O2S. The fourth-order valence-corrected chi connectivity index (χ4v) is 3.42. The van der Waals surface area contributed by atoms with E-state index in [0.29, 0.717) is 22.3 Å². The maximum atomic E-state index is 14.1. The number of nitrogens with one attached hydrogen (secondary N) is 1. The molecule has 0 saturated carbocycles. The van der Waals surface area contributed by atoms with Gasteiger partial charge in [0.05, 0.1) is 32.9 Å². The van der Waals surface area contributed by atoms with Crippen LogP contribution in [-0.4, -0.2) is 16.0 Å². The summed E-state index contributed by atoms with van der Waals surface area (Å²) < 4.78 is 19.4. The molecule has 0 aliphatic heterocycles. The maximum absolute atomic E-state index is 14.1. The van der Waals surface area contributed by atoms with Crippen LogP contribution in [0, 0.1) is 19.7 Å². The molecule has 1 aromatic carbocycles. The monoisotopic (exact) mass is 367 g/mol. The van der Waals surface area contributed by atoms with E-state index in [0.717, 1.165) is 10.4 Å². The van der Waals surface area contributed by atoms with Crippen LogP contribution in [0.5, 0.6) is 0 Å². The minimum Gasteiger partial charge on any atom is -0.335 e. The number of hydrogen-bond donors (Lipinski definition) is 1. The van der Waals surface area contributed by atoms with E-state index in [-0.39, 0.29) is 11.4 Å². The number of anilines is 1. The largest absolute Gasteiger partial charge is 0.335 e. The van der Waals surface area contributed by atoms with Crippen LogP contribution < -0.4 is 5.32 Å². The molecule has 0 radical (unpaired) electrons. The van der Waals surface area contributed by atoms with Gasteiger partial charge in [0, 0.05) is 0 Å². The third kappa shape index (κ3) is 2.86. The lowest BCUT2D eigenvalue weighted by atomic mass is 10.1. The van der Waals surface area contributed by atoms with E-state index in [9.17, 15) is 9.18 Å². The van der Waals surface area contributed by atoms with E-state index < -0.39 is 11.7 Å². The minimum atomic E-state index is -0.482. The second kappa shape index (κ2) is 6.34. The third-order valence-electron chi connectivity index (χ3n) is 4.01. The molecule has 3 aromatic heterocycles. The number of pyridine rings is 1. The number of aromatic nitrogens is 2. The number of thiophene rings is 1. The standard InChI is InChI=1S/C19H14FN3O2S/c1-10-5-6-14(13(20)8-10)21-18(24)12-9-15(16-4-3-7-26-16)22-19-17(12)11(2)23-25-19/h3-9H,1-2H3,(H,21,24). The van der Waals surface area contributed by atoms with Crippen LogP contribution in [0.3, 0.4) is 0 Å². The van der Waals surface area contributed by atoms with Crippen LogP contribution >= 0.6 is 11.3 Å². The van der Waals surface area contributed by atoms with Crippen LogP contribution in [0.25, 0.3) is 21.7 Å². The lowest BCUT2D eigenvalue weighted by Gasteiger charge is -2.09. The highest BCUT2D eigenvalue weighted by atomic mass is 32.1. The van der Waals surface area contributed by atoms with Gasteiger partial charge in [0.15, 0.2) is 0 Å². The number of carbonyl (C=O) groups excluding carboxylic acids is 1. The number of aryl methyl sites for hydroxylation is 2. The average Bonchev–Trinajstić information content (AvgIpc) is 3.27. The van der Waals surface area contributed by atoms with Gasteiger partial charge in [-0.05, 0) is 49.1 Å². The van der Waals surface area contributed by atoms with Crippen molar-refractivity contribution in [3.63, 3.8) is 0 Å². The molecular weight excluding hydrogens is 353 g/mol. The molecule has 3 heterocycles. The normalized spacial score (nSPS) is 11.0. The number of rotatable bonds is 3. The van der Waals surface area contributed by atoms with E-state index in [1.54, 1.807) is 32.0 Å². The van der Waals surface area contributed by atoms with Gasteiger partial charge in [0.2, 0.25) is 0 Å². The van der Waals surface area contributed by atoms with Gasteiger partial charge in [-0.3, -0.25) is 4.79 Å². The molecule has 0 atom stereocenters. The van der Waals surface area contributed by atoms with E-state index in [4.69, 9.17) is 4.52 Å². The Kier molecular flexibility index (Phi) is 4.00. The molecule has 26 heavy (non-hydrogen) atoms. The first-order valence-electron chi connectivity index (χ1n) is 7.91. The Morgan fingerprint density at radius 2 is 2.08 bits per heavy atom. The smallest absolute Gasteiger partial charge is 0.259 e. The summed E-state index contributed by atoms with van der Waals surface area (Å²) >= 11 is 1.50. The fourth-order valence-electron chi connectivity index (χ4n) is 2.74. The van der Waals surface area contributed by atoms with Crippen LogP contribution in [0.2, 0.25) is 0 Å². The van der Waals surface area contributed by atoms with Crippen molar-refractivity contribution in [3.05, 3.63) is 64.4 Å². The van der Waals surface area contributed by atoms with Crippen molar-refractivity contribution in [2.75, 3.05) is 5.32 Å². The topological polar surface area (TPSA) is 68.0 Å². The maximum Gasteiger partial charge on any atom is 0.259 e. The third-order valence-corrected chi connectivity index (χ3v) is 4.90. The molecule has 0 spiro atoms. The van der Waals surface area contributed by atoms with Crippen LogP contribution in [0.4, 0.5) is 10.1 Å². The molecule has 5 nitrogen and oxygen atoms in total. The zero-order valence-corrected chi connectivity index (χ0v) is 14.9. The first-order chi connectivity index (χ1) is 12.5. The minimum absolute atomic E-state index is 0.123. The van der Waals surface area contributed by atoms with Crippen LogP contribution in [-0.2, 0) is 0 Å². The van der Waals surface area contributed by atoms with Crippen molar-refractivity contribution in [2.45, 2.75) is 13.8 Å². The SMILES string of the molecule is Cc1ccc(NC(=O)c2cc(-c3cccs3)nc3onc(C)c23)c(F)c1. The zero-order chi connectivity index (χ0) is 18.3. The number of hydrogen-bond acceptors (Lipinski definition) is 5. The fraction of sp³-hybridized carbons (Fsp3) is 0.105. The molecule has 4 rings (SSSR count). The Morgan fingerprint density at radius 3 is 2.81 bits per heavy atom. The highest BCUT2D eigenvalue weighted by Gasteiger charge is 2.20. The van der Waals surface area contributed by atoms with E-state index in [1.165, 1.54) is 17.4 Å². The van der Waals surface area contributed by atoms with Gasteiger partial charge in [-0.1, -0.05) is 17.3 Å². The first kappa shape index (κ1) is 16.4. The number of amides is 1. The average molecular weight is 367 g/mol. The predicted octanol–water partition coefficient (Wildman–Crippen LogP) is 4.96. The number of halogens is 1. The van der Waals surface area contributed by atoms with E-state index in [2.05, 4.69) is 15.5 Å². The molecule has 130 valence electrons. The lowest BCUT2D eigenvalue weighted by Crippen LogP contribution is -2.14. The quantitative estimate of drug-likeness (QED) is 0.556. The summed E-state index contributed by atoms with van der Waals surface area (Å²) in [6, 6.07) is 10.1. The Balaban J connectivity index is 1.81. The summed E-state index contributed by atoms with van der Waals surface area (Å²) in [5, 5.41) is 8.99. The summed E-state index contributed by atoms with van der Waals surface area (Å²) in [6.07, 6.45) is 0. The molecule has 0 aliphatic carbocycles. The van der Waals surface area contributed by atoms with Crippen LogP contribution in [0.15, 0.2) is 46.3 Å². The molecule has 1 amide bonds. The molecule has 0 bridgehead atoms. The summed E-state index contributed by atoms with van der Waals surface area (Å²) in [6.45, 7) is 3.52. The summed E-state index contributed by atoms with van der Waals surface area (Å²) in [5.41, 5.74) is 2.69. The Labute approximate surface area is 152 Å². The van der Waals surface area contributed by atoms with E-state index >= 15 is 0 Å². The summed E-state index contributed by atoms with van der Waals surface area (Å²) in [5.74, 6) is -0.923. The van der Waals surface area contributed by atoms with Gasteiger partial charge in [-0.2, -0.15) is 0 Å². The number of nitrogens with zero attached hydrogens (tertiary/aromatic N) is 2. The molecule has 0 saturated heterocycles. The molecule has 0 unspecified atom stereocenters. The first-order valence-corrected chi connectivity index (χ1v) is 8.79. The Morgan fingerprint density at radius 1 is 1.23 bits per heavy atom. The number of benzene rings is 1. The Hall–Kier alpha value is -3.06. The van der Waals surface area contributed by atoms with Gasteiger partial charge in [-0.15, -0.1) is 11.3 Å². The Bertz CT molecular complexity index is 1120. The summed E-state index contributed by atoms with van der Waals surface area (Å²) in [7, 11) is 0. The van der Waals surface area contributed by atoms with Crippen molar-refractivity contribution in [3.8, 4) is 10.6 Å². The molecule has 1 N–H and O–H groups in total. The van der Waals surface area contributed by atoms with Crippen molar-refractivity contribution < 1.29 is 13.7 Å². The zero-order valence-electron chi connectivity index (χ0n) is 14.0. The highest BCUT2D eigenvalue weighted by Crippen LogP contribution is 2.30. The second-order valence-electron chi connectivity index (χ2n) is 5.92. The molecule has 4 aromatic rings. The van der Waals surface area contributed by atoms with Gasteiger partial charge < -0.3 is 9.84 Å². The van der Waals surface area contributed by atoms with Crippen molar-refractivity contribution in [1.82, 2.24) is 10.1 Å². The number of fused-ring (bicyclic) bond motifs is 1. The van der Waals surface area contributed by atoms with Gasteiger partial charge >= 0.3 is 0 Å².